The second-order valence-corrected chi connectivity index (χ2v) is 6.89. The molecule has 1 unspecified atom stereocenters. The Morgan fingerprint density at radius 1 is 0.923 bits per heavy atom. The molecule has 0 aliphatic carbocycles. The lowest BCUT2D eigenvalue weighted by Crippen LogP contribution is -2.52. The zero-order chi connectivity index (χ0) is 18.8. The number of amides is 3. The first-order valence-electron chi connectivity index (χ1n) is 8.67. The molecule has 5 nitrogen and oxygen atoms in total. The predicted octanol–water partition coefficient (Wildman–Crippen LogP) is 2.97. The van der Waals surface area contributed by atoms with Crippen LogP contribution in [-0.2, 0) is 11.3 Å². The van der Waals surface area contributed by atoms with Crippen molar-refractivity contribution in [2.75, 3.05) is 7.05 Å². The van der Waals surface area contributed by atoms with Crippen molar-refractivity contribution >= 4 is 17.7 Å². The van der Waals surface area contributed by atoms with Gasteiger partial charge in [-0.3, -0.25) is 19.3 Å². The van der Waals surface area contributed by atoms with Crippen LogP contribution in [0.25, 0.3) is 0 Å². The summed E-state index contributed by atoms with van der Waals surface area (Å²) in [6.07, 6.45) is 0. The van der Waals surface area contributed by atoms with E-state index in [1.54, 1.807) is 36.2 Å². The molecule has 134 valence electrons. The maximum atomic E-state index is 13.1. The number of fused-ring (bicyclic) bond motifs is 1. The molecule has 1 heterocycles. The first-order chi connectivity index (χ1) is 12.4. The molecule has 0 bridgehead atoms. The van der Waals surface area contributed by atoms with Crippen molar-refractivity contribution in [1.29, 1.82) is 0 Å². The van der Waals surface area contributed by atoms with Crippen LogP contribution in [0, 0.1) is 5.92 Å². The third kappa shape index (κ3) is 3.12. The van der Waals surface area contributed by atoms with Gasteiger partial charge in [-0.1, -0.05) is 56.3 Å². The molecule has 5 heteroatoms. The summed E-state index contributed by atoms with van der Waals surface area (Å²) in [6.45, 7) is 4.12. The van der Waals surface area contributed by atoms with E-state index in [-0.39, 0.29) is 11.8 Å². The molecule has 0 saturated heterocycles. The van der Waals surface area contributed by atoms with E-state index in [0.717, 1.165) is 10.5 Å². The maximum Gasteiger partial charge on any atom is 0.262 e. The van der Waals surface area contributed by atoms with Gasteiger partial charge in [-0.15, -0.1) is 0 Å². The first kappa shape index (κ1) is 17.9. The lowest BCUT2D eigenvalue weighted by Gasteiger charge is -2.32. The van der Waals surface area contributed by atoms with Crippen molar-refractivity contribution < 1.29 is 14.4 Å². The topological polar surface area (TPSA) is 57.7 Å². The van der Waals surface area contributed by atoms with Crippen LogP contribution in [0.4, 0.5) is 0 Å². The highest BCUT2D eigenvalue weighted by Gasteiger charge is 2.44. The highest BCUT2D eigenvalue weighted by atomic mass is 16.2. The van der Waals surface area contributed by atoms with Crippen LogP contribution in [0.5, 0.6) is 0 Å². The third-order valence-electron chi connectivity index (χ3n) is 4.63. The smallest absolute Gasteiger partial charge is 0.262 e. The minimum absolute atomic E-state index is 0.192. The standard InChI is InChI=1S/C21H22N2O3/c1-14(2)18(21(26)22(3)13-15-9-5-4-6-10-15)23-19(24)16-11-7-8-12-17(16)20(23)25/h4-12,14,18H,13H2,1-3H3. The van der Waals surface area contributed by atoms with Crippen molar-refractivity contribution in [3.63, 3.8) is 0 Å². The van der Waals surface area contributed by atoms with Gasteiger partial charge in [-0.25, -0.2) is 0 Å². The van der Waals surface area contributed by atoms with Gasteiger partial charge in [0.1, 0.15) is 6.04 Å². The van der Waals surface area contributed by atoms with Gasteiger partial charge in [-0.05, 0) is 23.6 Å². The summed E-state index contributed by atoms with van der Waals surface area (Å²) in [7, 11) is 1.70. The summed E-state index contributed by atoms with van der Waals surface area (Å²) in [5, 5.41) is 0. The van der Waals surface area contributed by atoms with E-state index in [1.807, 2.05) is 44.2 Å². The fourth-order valence-corrected chi connectivity index (χ4v) is 3.32. The van der Waals surface area contributed by atoms with Gasteiger partial charge in [0, 0.05) is 13.6 Å². The molecule has 26 heavy (non-hydrogen) atoms. The van der Waals surface area contributed by atoms with E-state index in [1.165, 1.54) is 0 Å². The number of carbonyl (C=O) groups is 3. The predicted molar refractivity (Wildman–Crippen MR) is 98.5 cm³/mol. The summed E-state index contributed by atoms with van der Waals surface area (Å²) in [5.41, 5.74) is 1.72. The molecule has 2 aromatic carbocycles. The summed E-state index contributed by atoms with van der Waals surface area (Å²) in [5.74, 6) is -1.22. The van der Waals surface area contributed by atoms with Crippen LogP contribution in [0.15, 0.2) is 54.6 Å². The minimum atomic E-state index is -0.823. The van der Waals surface area contributed by atoms with E-state index < -0.39 is 17.9 Å². The van der Waals surface area contributed by atoms with Crippen LogP contribution >= 0.6 is 0 Å². The van der Waals surface area contributed by atoms with Crippen LogP contribution in [0.3, 0.4) is 0 Å². The molecule has 0 spiro atoms. The molecule has 1 aliphatic rings. The lowest BCUT2D eigenvalue weighted by molar-refractivity contribution is -0.136. The van der Waals surface area contributed by atoms with Gasteiger partial charge in [0.15, 0.2) is 0 Å². The molecule has 0 fully saturated rings. The monoisotopic (exact) mass is 350 g/mol. The number of imide groups is 1. The Morgan fingerprint density at radius 3 is 1.92 bits per heavy atom. The van der Waals surface area contributed by atoms with Gasteiger partial charge in [0.2, 0.25) is 5.91 Å². The Morgan fingerprint density at radius 2 is 1.42 bits per heavy atom. The van der Waals surface area contributed by atoms with E-state index in [9.17, 15) is 14.4 Å². The lowest BCUT2D eigenvalue weighted by atomic mass is 10.0. The second-order valence-electron chi connectivity index (χ2n) is 6.89. The first-order valence-corrected chi connectivity index (χ1v) is 8.67. The van der Waals surface area contributed by atoms with E-state index in [0.29, 0.717) is 17.7 Å². The quantitative estimate of drug-likeness (QED) is 0.779. The van der Waals surface area contributed by atoms with Gasteiger partial charge in [0.25, 0.3) is 11.8 Å². The van der Waals surface area contributed by atoms with Crippen LogP contribution in [-0.4, -0.2) is 40.6 Å². The van der Waals surface area contributed by atoms with E-state index in [4.69, 9.17) is 0 Å². The van der Waals surface area contributed by atoms with Crippen molar-refractivity contribution in [2.24, 2.45) is 5.92 Å². The molecular formula is C21H22N2O3. The Hall–Kier alpha value is -2.95. The largest absolute Gasteiger partial charge is 0.340 e. The number of rotatable bonds is 5. The molecular weight excluding hydrogens is 328 g/mol. The minimum Gasteiger partial charge on any atom is -0.340 e. The van der Waals surface area contributed by atoms with Crippen molar-refractivity contribution in [1.82, 2.24) is 9.80 Å². The highest BCUT2D eigenvalue weighted by molar-refractivity contribution is 6.22. The average Bonchev–Trinajstić information content (AvgIpc) is 2.88. The third-order valence-corrected chi connectivity index (χ3v) is 4.63. The highest BCUT2D eigenvalue weighted by Crippen LogP contribution is 2.28. The Bertz CT molecular complexity index is 810. The summed E-state index contributed by atoms with van der Waals surface area (Å²) in [4.78, 5) is 41.3. The number of likely N-dealkylation sites (N-methyl/N-ethyl adjacent to an activating group) is 1. The van der Waals surface area contributed by atoms with Crippen molar-refractivity contribution in [3.8, 4) is 0 Å². The molecule has 2 aromatic rings. The number of carbonyl (C=O) groups excluding carboxylic acids is 3. The van der Waals surface area contributed by atoms with Crippen LogP contribution in [0.1, 0.15) is 40.1 Å². The molecule has 3 rings (SSSR count). The molecule has 0 aromatic heterocycles. The zero-order valence-corrected chi connectivity index (χ0v) is 15.2. The second kappa shape index (κ2) is 7.12. The van der Waals surface area contributed by atoms with Crippen LogP contribution < -0.4 is 0 Å². The zero-order valence-electron chi connectivity index (χ0n) is 15.2. The maximum absolute atomic E-state index is 13.1. The average molecular weight is 350 g/mol. The van der Waals surface area contributed by atoms with Crippen LogP contribution in [0.2, 0.25) is 0 Å². The molecule has 3 amide bonds. The fourth-order valence-electron chi connectivity index (χ4n) is 3.32. The molecule has 1 atom stereocenters. The molecule has 0 N–H and O–H groups in total. The van der Waals surface area contributed by atoms with Gasteiger partial charge in [0.05, 0.1) is 11.1 Å². The Balaban J connectivity index is 1.87. The Labute approximate surface area is 153 Å². The normalized spacial score (nSPS) is 14.5. The summed E-state index contributed by atoms with van der Waals surface area (Å²) in [6, 6.07) is 15.5. The number of hydrogen-bond acceptors (Lipinski definition) is 3. The SMILES string of the molecule is CC(C)C(C(=O)N(C)Cc1ccccc1)N1C(=O)c2ccccc2C1=O. The van der Waals surface area contributed by atoms with Gasteiger partial charge in [-0.2, -0.15) is 0 Å². The van der Waals surface area contributed by atoms with Gasteiger partial charge >= 0.3 is 0 Å². The van der Waals surface area contributed by atoms with Crippen molar-refractivity contribution in [2.45, 2.75) is 26.4 Å². The van der Waals surface area contributed by atoms with Crippen molar-refractivity contribution in [3.05, 3.63) is 71.3 Å². The Kier molecular flexibility index (Phi) is 4.89. The van der Waals surface area contributed by atoms with Gasteiger partial charge < -0.3 is 4.90 Å². The number of hydrogen-bond donors (Lipinski definition) is 0. The summed E-state index contributed by atoms with van der Waals surface area (Å²) >= 11 is 0. The molecule has 0 saturated carbocycles. The summed E-state index contributed by atoms with van der Waals surface area (Å²) < 4.78 is 0. The number of benzene rings is 2. The number of nitrogens with zero attached hydrogens (tertiary/aromatic N) is 2. The van der Waals surface area contributed by atoms with E-state index in [2.05, 4.69) is 0 Å². The van der Waals surface area contributed by atoms with E-state index >= 15 is 0 Å². The fraction of sp³-hybridized carbons (Fsp3) is 0.286. The molecule has 0 radical (unpaired) electrons. The molecule has 1 aliphatic heterocycles.